The van der Waals surface area contributed by atoms with Gasteiger partial charge in [-0.25, -0.2) is 0 Å². The second kappa shape index (κ2) is 7.06. The predicted octanol–water partition coefficient (Wildman–Crippen LogP) is -1.91. The number of benzene rings is 1. The standard InChI is InChI=1S/C14H20NO3P.Na/c16-19(17,11-15-5-7-18-8-6-15)14-9-12-3-1-2-4-13(12)10-14;/h1-4,14H,5-11H2,(H,16,17);/q;+1/p-1. The topological polar surface area (TPSA) is 52.6 Å². The Bertz CT molecular complexity index is 480. The minimum absolute atomic E-state index is 0. The van der Waals surface area contributed by atoms with Gasteiger partial charge in [0.2, 0.25) is 0 Å². The molecule has 1 aliphatic carbocycles. The molecule has 0 spiro atoms. The summed E-state index contributed by atoms with van der Waals surface area (Å²) in [6.07, 6.45) is 1.57. The summed E-state index contributed by atoms with van der Waals surface area (Å²) in [5, 5.41) is 0. The van der Waals surface area contributed by atoms with Gasteiger partial charge in [-0.15, -0.1) is 0 Å². The van der Waals surface area contributed by atoms with Crippen LogP contribution in [-0.4, -0.2) is 43.1 Å². The zero-order chi connectivity index (χ0) is 13.3. The van der Waals surface area contributed by atoms with Crippen molar-refractivity contribution in [1.82, 2.24) is 4.90 Å². The van der Waals surface area contributed by atoms with Crippen molar-refractivity contribution in [2.75, 3.05) is 32.6 Å². The Balaban J connectivity index is 0.00000147. The van der Waals surface area contributed by atoms with Gasteiger partial charge in [-0.05, 0) is 24.0 Å². The summed E-state index contributed by atoms with van der Waals surface area (Å²) in [5.74, 6) is 0. The summed E-state index contributed by atoms with van der Waals surface area (Å²) in [6, 6.07) is 8.06. The third kappa shape index (κ3) is 3.75. The molecule has 6 heteroatoms. The van der Waals surface area contributed by atoms with E-state index in [1.807, 2.05) is 29.2 Å². The zero-order valence-corrected chi connectivity index (χ0v) is 14.9. The van der Waals surface area contributed by atoms with Crippen LogP contribution >= 0.6 is 7.37 Å². The van der Waals surface area contributed by atoms with Crippen molar-refractivity contribution < 1.29 is 43.8 Å². The number of morpholine rings is 1. The fourth-order valence-corrected chi connectivity index (χ4v) is 4.97. The molecule has 1 heterocycles. The first-order chi connectivity index (χ1) is 9.15. The third-order valence-electron chi connectivity index (χ3n) is 4.09. The van der Waals surface area contributed by atoms with Crippen molar-refractivity contribution in [1.29, 1.82) is 0 Å². The monoisotopic (exact) mass is 303 g/mol. The van der Waals surface area contributed by atoms with E-state index < -0.39 is 7.37 Å². The van der Waals surface area contributed by atoms with Gasteiger partial charge in [0.05, 0.1) is 13.2 Å². The summed E-state index contributed by atoms with van der Waals surface area (Å²) in [7, 11) is -3.37. The Morgan fingerprint density at radius 3 is 2.30 bits per heavy atom. The zero-order valence-electron chi connectivity index (χ0n) is 12.0. The molecule has 1 aliphatic heterocycles. The van der Waals surface area contributed by atoms with Gasteiger partial charge in [-0.2, -0.15) is 0 Å². The second-order valence-corrected chi connectivity index (χ2v) is 7.89. The normalized spacial score (nSPS) is 22.9. The number of hydrogen-bond acceptors (Lipinski definition) is 4. The first-order valence-corrected chi connectivity index (χ1v) is 8.70. The van der Waals surface area contributed by atoms with Crippen LogP contribution in [0.4, 0.5) is 0 Å². The second-order valence-electron chi connectivity index (χ2n) is 5.43. The molecule has 3 rings (SSSR count). The summed E-state index contributed by atoms with van der Waals surface area (Å²) in [5.41, 5.74) is 2.18. The number of nitrogens with zero attached hydrogens (tertiary/aromatic N) is 1. The van der Waals surface area contributed by atoms with E-state index in [1.165, 1.54) is 11.1 Å². The Morgan fingerprint density at radius 2 is 1.75 bits per heavy atom. The van der Waals surface area contributed by atoms with Crippen molar-refractivity contribution in [3.63, 3.8) is 0 Å². The van der Waals surface area contributed by atoms with Crippen LogP contribution in [0.3, 0.4) is 0 Å². The molecule has 1 aromatic rings. The summed E-state index contributed by atoms with van der Waals surface area (Å²) in [4.78, 5) is 14.5. The van der Waals surface area contributed by atoms with Gasteiger partial charge in [-0.3, -0.25) is 4.90 Å². The summed E-state index contributed by atoms with van der Waals surface area (Å²) >= 11 is 0. The molecule has 2 aliphatic rings. The maximum Gasteiger partial charge on any atom is 1.00 e. The van der Waals surface area contributed by atoms with Gasteiger partial charge in [0, 0.05) is 32.4 Å². The van der Waals surface area contributed by atoms with E-state index in [9.17, 15) is 9.46 Å². The fraction of sp³-hybridized carbons (Fsp3) is 0.571. The van der Waals surface area contributed by atoms with Crippen molar-refractivity contribution in [3.05, 3.63) is 35.4 Å². The van der Waals surface area contributed by atoms with Crippen LogP contribution in [0.2, 0.25) is 0 Å². The molecule has 0 bridgehead atoms. The van der Waals surface area contributed by atoms with Crippen LogP contribution in [0.25, 0.3) is 0 Å². The molecular weight excluding hydrogens is 284 g/mol. The average Bonchev–Trinajstić information content (AvgIpc) is 2.84. The van der Waals surface area contributed by atoms with E-state index in [2.05, 4.69) is 0 Å². The minimum atomic E-state index is -3.37. The van der Waals surface area contributed by atoms with Gasteiger partial charge in [0.25, 0.3) is 0 Å². The smallest absolute Gasteiger partial charge is 0.798 e. The summed E-state index contributed by atoms with van der Waals surface area (Å²) in [6.45, 7) is 2.74. The van der Waals surface area contributed by atoms with Crippen molar-refractivity contribution in [2.24, 2.45) is 0 Å². The first-order valence-electron chi connectivity index (χ1n) is 6.82. The van der Waals surface area contributed by atoms with Crippen LogP contribution in [-0.2, 0) is 22.1 Å². The SMILES string of the molecule is O=P([O-])(CN1CCOCC1)C1Cc2ccccc2C1.[Na+]. The Labute approximate surface area is 142 Å². The van der Waals surface area contributed by atoms with E-state index in [0.717, 1.165) is 13.1 Å². The molecule has 0 amide bonds. The Kier molecular flexibility index (Phi) is 5.89. The number of fused-ring (bicyclic) bond motifs is 1. The van der Waals surface area contributed by atoms with Crippen LogP contribution in [0.15, 0.2) is 24.3 Å². The van der Waals surface area contributed by atoms with E-state index in [0.29, 0.717) is 26.1 Å². The minimum Gasteiger partial charge on any atom is -0.798 e. The van der Waals surface area contributed by atoms with Gasteiger partial charge >= 0.3 is 29.6 Å². The maximum atomic E-state index is 12.5. The van der Waals surface area contributed by atoms with Crippen LogP contribution in [0, 0.1) is 0 Å². The van der Waals surface area contributed by atoms with Crippen LogP contribution in [0.1, 0.15) is 11.1 Å². The molecule has 1 aromatic carbocycles. The molecular formula is C14H19NNaO3P. The number of ether oxygens (including phenoxy) is 1. The number of rotatable bonds is 3. The Morgan fingerprint density at radius 1 is 1.20 bits per heavy atom. The average molecular weight is 303 g/mol. The molecule has 1 saturated heterocycles. The third-order valence-corrected chi connectivity index (χ3v) is 6.36. The quantitative estimate of drug-likeness (QED) is 0.483. The summed E-state index contributed by atoms with van der Waals surface area (Å²) < 4.78 is 17.8. The molecule has 0 radical (unpaired) electrons. The first kappa shape index (κ1) is 16.7. The molecule has 1 unspecified atom stereocenters. The predicted molar refractivity (Wildman–Crippen MR) is 72.5 cm³/mol. The number of hydrogen-bond donors (Lipinski definition) is 0. The van der Waals surface area contributed by atoms with Gasteiger partial charge in [-0.1, -0.05) is 24.3 Å². The Hall–Kier alpha value is 0.330. The van der Waals surface area contributed by atoms with Crippen molar-refractivity contribution in [3.8, 4) is 0 Å². The molecule has 1 atom stereocenters. The maximum absolute atomic E-state index is 12.5. The van der Waals surface area contributed by atoms with Crippen molar-refractivity contribution >= 4 is 7.37 Å². The molecule has 20 heavy (non-hydrogen) atoms. The van der Waals surface area contributed by atoms with Crippen molar-refractivity contribution in [2.45, 2.75) is 18.5 Å². The van der Waals surface area contributed by atoms with Gasteiger partial charge in [0.1, 0.15) is 0 Å². The molecule has 0 aromatic heterocycles. The van der Waals surface area contributed by atoms with E-state index in [4.69, 9.17) is 4.74 Å². The fourth-order valence-electron chi connectivity index (χ4n) is 2.95. The van der Waals surface area contributed by atoms with E-state index >= 15 is 0 Å². The van der Waals surface area contributed by atoms with Crippen LogP contribution < -0.4 is 34.5 Å². The van der Waals surface area contributed by atoms with Gasteiger partial charge in [0.15, 0.2) is 0 Å². The van der Waals surface area contributed by atoms with E-state index in [1.54, 1.807) is 0 Å². The molecule has 104 valence electrons. The molecule has 0 N–H and O–H groups in total. The largest absolute Gasteiger partial charge is 1.00 e. The van der Waals surface area contributed by atoms with Gasteiger partial charge < -0.3 is 14.2 Å². The van der Waals surface area contributed by atoms with E-state index in [-0.39, 0.29) is 41.5 Å². The molecule has 4 nitrogen and oxygen atoms in total. The van der Waals surface area contributed by atoms with Crippen LogP contribution in [0.5, 0.6) is 0 Å². The molecule has 1 fully saturated rings. The molecule has 0 saturated carbocycles.